The molecule has 1 aromatic heterocycles. The maximum absolute atomic E-state index is 5.66. The Morgan fingerprint density at radius 2 is 2.28 bits per heavy atom. The van der Waals surface area contributed by atoms with Crippen molar-refractivity contribution in [3.05, 3.63) is 36.6 Å². The third-order valence-electron chi connectivity index (χ3n) is 2.61. The van der Waals surface area contributed by atoms with E-state index in [-0.39, 0.29) is 0 Å². The van der Waals surface area contributed by atoms with E-state index >= 15 is 0 Å². The lowest BCUT2D eigenvalue weighted by Gasteiger charge is -2.11. The van der Waals surface area contributed by atoms with Crippen LogP contribution in [0.4, 0.5) is 0 Å². The first-order chi connectivity index (χ1) is 8.78. The molecule has 0 saturated heterocycles. The molecule has 0 amide bonds. The summed E-state index contributed by atoms with van der Waals surface area (Å²) < 4.78 is 7.52. The largest absolute Gasteiger partial charge is 0.477 e. The van der Waals surface area contributed by atoms with E-state index in [2.05, 4.69) is 30.8 Å². The Morgan fingerprint density at radius 1 is 1.50 bits per heavy atom. The molecule has 0 aromatic carbocycles. The van der Waals surface area contributed by atoms with Crippen LogP contribution in [0.3, 0.4) is 0 Å². The fourth-order valence-electron chi connectivity index (χ4n) is 1.70. The molecule has 0 bridgehead atoms. The van der Waals surface area contributed by atoms with Crippen LogP contribution in [0.15, 0.2) is 31.0 Å². The van der Waals surface area contributed by atoms with E-state index in [0.29, 0.717) is 6.61 Å². The molecule has 0 aliphatic carbocycles. The molecule has 0 spiro atoms. The van der Waals surface area contributed by atoms with Gasteiger partial charge < -0.3 is 4.74 Å². The van der Waals surface area contributed by atoms with E-state index in [1.165, 1.54) is 0 Å². The zero-order valence-corrected chi connectivity index (χ0v) is 11.5. The molecule has 1 aromatic rings. The van der Waals surface area contributed by atoms with Crippen LogP contribution < -0.4 is 4.74 Å². The molecule has 98 valence electrons. The fraction of sp³-hybridized carbons (Fsp3) is 0.400. The van der Waals surface area contributed by atoms with Crippen molar-refractivity contribution in [3.8, 4) is 5.88 Å². The van der Waals surface area contributed by atoms with Crippen molar-refractivity contribution in [3.63, 3.8) is 0 Å². The van der Waals surface area contributed by atoms with E-state index in [9.17, 15) is 0 Å². The fourth-order valence-corrected chi connectivity index (χ4v) is 1.70. The highest BCUT2D eigenvalue weighted by Gasteiger charge is 2.11. The third kappa shape index (κ3) is 3.36. The lowest BCUT2D eigenvalue weighted by Crippen LogP contribution is -2.04. The van der Waals surface area contributed by atoms with Gasteiger partial charge in [-0.25, -0.2) is 4.68 Å². The standard InChI is InChI=1S/C15H22N2O/c1-5-9-10-11-14(7-3)17-15(18-8-4)13(6-2)12-16-17/h5-6,9,11-12H,2,7-8,10H2,1,3-4H3/b9-5-,14-11+. The maximum Gasteiger partial charge on any atom is 0.223 e. The maximum atomic E-state index is 5.66. The zero-order valence-electron chi connectivity index (χ0n) is 11.5. The first-order valence-electron chi connectivity index (χ1n) is 6.42. The highest BCUT2D eigenvalue weighted by Crippen LogP contribution is 2.24. The molecule has 18 heavy (non-hydrogen) atoms. The molecule has 1 heterocycles. The molecule has 0 atom stereocenters. The molecule has 3 nitrogen and oxygen atoms in total. The first-order valence-corrected chi connectivity index (χ1v) is 6.42. The van der Waals surface area contributed by atoms with Crippen LogP contribution >= 0.6 is 0 Å². The monoisotopic (exact) mass is 246 g/mol. The normalized spacial score (nSPS) is 12.1. The molecular weight excluding hydrogens is 224 g/mol. The van der Waals surface area contributed by atoms with Crippen LogP contribution in [0.25, 0.3) is 11.8 Å². The summed E-state index contributed by atoms with van der Waals surface area (Å²) >= 11 is 0. The molecule has 1 rings (SSSR count). The second-order valence-electron chi connectivity index (χ2n) is 3.81. The number of rotatable bonds is 7. The van der Waals surface area contributed by atoms with Gasteiger partial charge in [0.1, 0.15) is 0 Å². The predicted molar refractivity (Wildman–Crippen MR) is 77.5 cm³/mol. The van der Waals surface area contributed by atoms with Crippen molar-refractivity contribution in [2.24, 2.45) is 0 Å². The van der Waals surface area contributed by atoms with Gasteiger partial charge in [0.15, 0.2) is 0 Å². The molecule has 3 heteroatoms. The minimum atomic E-state index is 0.623. The van der Waals surface area contributed by atoms with Gasteiger partial charge in [0, 0.05) is 5.70 Å². The summed E-state index contributed by atoms with van der Waals surface area (Å²) in [6, 6.07) is 0. The van der Waals surface area contributed by atoms with Crippen molar-refractivity contribution in [2.75, 3.05) is 6.61 Å². The van der Waals surface area contributed by atoms with E-state index in [0.717, 1.165) is 30.0 Å². The summed E-state index contributed by atoms with van der Waals surface area (Å²) in [5.41, 5.74) is 2.08. The van der Waals surface area contributed by atoms with Gasteiger partial charge in [-0.05, 0) is 26.7 Å². The van der Waals surface area contributed by atoms with Gasteiger partial charge >= 0.3 is 0 Å². The predicted octanol–water partition coefficient (Wildman–Crippen LogP) is 4.14. The quantitative estimate of drug-likeness (QED) is 0.676. The minimum absolute atomic E-state index is 0.623. The van der Waals surface area contributed by atoms with Gasteiger partial charge in [0.25, 0.3) is 0 Å². The van der Waals surface area contributed by atoms with Crippen LogP contribution in [0.1, 0.15) is 39.2 Å². The molecule has 0 aliphatic heterocycles. The summed E-state index contributed by atoms with van der Waals surface area (Å²) in [7, 11) is 0. The average Bonchev–Trinajstić information content (AvgIpc) is 2.78. The van der Waals surface area contributed by atoms with Gasteiger partial charge in [0.05, 0.1) is 18.4 Å². The van der Waals surface area contributed by atoms with Gasteiger partial charge in [-0.1, -0.05) is 37.8 Å². The molecule has 0 unspecified atom stereocenters. The van der Waals surface area contributed by atoms with Crippen molar-refractivity contribution in [2.45, 2.75) is 33.6 Å². The van der Waals surface area contributed by atoms with Gasteiger partial charge in [-0.3, -0.25) is 0 Å². The topological polar surface area (TPSA) is 27.1 Å². The van der Waals surface area contributed by atoms with E-state index in [1.807, 2.05) is 24.6 Å². The molecule has 0 saturated carbocycles. The molecule has 0 radical (unpaired) electrons. The number of hydrogen-bond acceptors (Lipinski definition) is 2. The molecule has 0 fully saturated rings. The van der Waals surface area contributed by atoms with Gasteiger partial charge in [-0.15, -0.1) is 0 Å². The first kappa shape index (κ1) is 14.3. The van der Waals surface area contributed by atoms with Crippen molar-refractivity contribution in [1.82, 2.24) is 9.78 Å². The average molecular weight is 246 g/mol. The van der Waals surface area contributed by atoms with Crippen LogP contribution in [-0.4, -0.2) is 16.4 Å². The number of ether oxygens (including phenoxy) is 1. The third-order valence-corrected chi connectivity index (χ3v) is 2.61. The summed E-state index contributed by atoms with van der Waals surface area (Å²) in [5, 5.41) is 4.38. The van der Waals surface area contributed by atoms with Crippen LogP contribution in [0.2, 0.25) is 0 Å². The lowest BCUT2D eigenvalue weighted by molar-refractivity contribution is 0.316. The summed E-state index contributed by atoms with van der Waals surface area (Å²) in [4.78, 5) is 0. The highest BCUT2D eigenvalue weighted by molar-refractivity contribution is 5.57. The van der Waals surface area contributed by atoms with Crippen LogP contribution in [-0.2, 0) is 0 Å². The zero-order chi connectivity index (χ0) is 13.4. The Hall–Kier alpha value is -1.77. The van der Waals surface area contributed by atoms with Gasteiger partial charge in [0.2, 0.25) is 5.88 Å². The molecule has 0 N–H and O–H groups in total. The summed E-state index contributed by atoms with van der Waals surface area (Å²) in [6.07, 6.45) is 11.7. The second kappa shape index (κ2) is 7.54. The highest BCUT2D eigenvalue weighted by atomic mass is 16.5. The Balaban J connectivity index is 3.08. The summed E-state index contributed by atoms with van der Waals surface area (Å²) in [5.74, 6) is 0.779. The second-order valence-corrected chi connectivity index (χ2v) is 3.81. The van der Waals surface area contributed by atoms with Crippen LogP contribution in [0, 0.1) is 0 Å². The van der Waals surface area contributed by atoms with Crippen molar-refractivity contribution in [1.29, 1.82) is 0 Å². The number of aromatic nitrogens is 2. The van der Waals surface area contributed by atoms with Crippen LogP contribution in [0.5, 0.6) is 5.88 Å². The SMILES string of the molecule is C=Cc1cnn(/C(=C/C/C=C\C)CC)c1OCC. The smallest absolute Gasteiger partial charge is 0.223 e. The number of nitrogens with zero attached hydrogens (tertiary/aromatic N) is 2. The van der Waals surface area contributed by atoms with Crippen molar-refractivity contribution >= 4 is 11.8 Å². The van der Waals surface area contributed by atoms with E-state index < -0.39 is 0 Å². The Labute approximate surface area is 109 Å². The lowest BCUT2D eigenvalue weighted by atomic mass is 10.2. The van der Waals surface area contributed by atoms with Crippen molar-refractivity contribution < 1.29 is 4.74 Å². The number of allylic oxidation sites excluding steroid dienone is 4. The Kier molecular flexibility index (Phi) is 5.98. The van der Waals surface area contributed by atoms with Gasteiger partial charge in [-0.2, -0.15) is 5.10 Å². The minimum Gasteiger partial charge on any atom is -0.477 e. The molecular formula is C15H22N2O. The molecule has 0 aliphatic rings. The van der Waals surface area contributed by atoms with E-state index in [4.69, 9.17) is 4.74 Å². The van der Waals surface area contributed by atoms with E-state index in [1.54, 1.807) is 12.3 Å². The summed E-state index contributed by atoms with van der Waals surface area (Å²) in [6.45, 7) is 10.5. The number of hydrogen-bond donors (Lipinski definition) is 0. The Bertz CT molecular complexity index is 441. The Morgan fingerprint density at radius 3 is 2.83 bits per heavy atom.